The lowest BCUT2D eigenvalue weighted by molar-refractivity contribution is -0.137. The summed E-state index contributed by atoms with van der Waals surface area (Å²) in [6.07, 6.45) is 4.53. The third-order valence-electron chi connectivity index (χ3n) is 4.33. The molecule has 1 fully saturated rings. The molecule has 1 saturated heterocycles. The topological polar surface area (TPSA) is 61.9 Å². The SMILES string of the molecule is CCOC(=O)/C=C/C=C(\S)C(C(=O)Nc1ccc(Cl)cc1)N1CCN(C)CC1. The monoisotopic (exact) mass is 423 g/mol. The molecule has 2 rings (SSSR count). The predicted octanol–water partition coefficient (Wildman–Crippen LogP) is 2.83. The normalized spacial score (nSPS) is 17.5. The second-order valence-corrected chi connectivity index (χ2v) is 7.39. The van der Waals surface area contributed by atoms with E-state index in [0.717, 1.165) is 26.2 Å². The van der Waals surface area contributed by atoms with E-state index in [2.05, 4.69) is 34.8 Å². The largest absolute Gasteiger partial charge is 0.463 e. The van der Waals surface area contributed by atoms with Gasteiger partial charge in [-0.25, -0.2) is 4.79 Å². The van der Waals surface area contributed by atoms with Crippen molar-refractivity contribution in [3.8, 4) is 0 Å². The summed E-state index contributed by atoms with van der Waals surface area (Å²) in [6.45, 7) is 5.28. The Hall–Kier alpha value is -1.80. The van der Waals surface area contributed by atoms with Gasteiger partial charge in [0, 0.05) is 47.9 Å². The summed E-state index contributed by atoms with van der Waals surface area (Å²) >= 11 is 10.5. The number of carbonyl (C=O) groups excluding carboxylic acids is 2. The lowest BCUT2D eigenvalue weighted by atomic mass is 10.1. The number of ether oxygens (including phenoxy) is 1. The van der Waals surface area contributed by atoms with E-state index in [1.165, 1.54) is 6.08 Å². The highest BCUT2D eigenvalue weighted by atomic mass is 35.5. The zero-order chi connectivity index (χ0) is 20.5. The first kappa shape index (κ1) is 22.5. The molecule has 1 aromatic rings. The number of hydrogen-bond acceptors (Lipinski definition) is 6. The Labute approximate surface area is 176 Å². The number of carbonyl (C=O) groups is 2. The van der Waals surface area contributed by atoms with Gasteiger partial charge in [0.1, 0.15) is 6.04 Å². The highest BCUT2D eigenvalue weighted by Crippen LogP contribution is 2.20. The van der Waals surface area contributed by atoms with Gasteiger partial charge in [-0.3, -0.25) is 9.69 Å². The molecule has 28 heavy (non-hydrogen) atoms. The maximum atomic E-state index is 13.0. The van der Waals surface area contributed by atoms with E-state index < -0.39 is 12.0 Å². The van der Waals surface area contributed by atoms with Gasteiger partial charge in [-0.2, -0.15) is 0 Å². The van der Waals surface area contributed by atoms with Crippen molar-refractivity contribution in [2.24, 2.45) is 0 Å². The summed E-state index contributed by atoms with van der Waals surface area (Å²) in [4.78, 5) is 29.3. The van der Waals surface area contributed by atoms with Crippen LogP contribution in [0.15, 0.2) is 47.4 Å². The molecule has 0 bridgehead atoms. The van der Waals surface area contributed by atoms with Crippen LogP contribution in [0.3, 0.4) is 0 Å². The number of nitrogens with zero attached hydrogens (tertiary/aromatic N) is 2. The third-order valence-corrected chi connectivity index (χ3v) is 4.97. The molecule has 1 N–H and O–H groups in total. The lowest BCUT2D eigenvalue weighted by Crippen LogP contribution is -2.53. The van der Waals surface area contributed by atoms with Gasteiger partial charge < -0.3 is 15.0 Å². The van der Waals surface area contributed by atoms with E-state index >= 15 is 0 Å². The first-order valence-corrected chi connectivity index (χ1v) is 9.96. The van der Waals surface area contributed by atoms with Gasteiger partial charge in [0.2, 0.25) is 5.91 Å². The van der Waals surface area contributed by atoms with Gasteiger partial charge in [0.05, 0.1) is 6.61 Å². The Morgan fingerprint density at radius 2 is 1.89 bits per heavy atom. The molecule has 0 aromatic heterocycles. The van der Waals surface area contributed by atoms with Crippen LogP contribution in [-0.4, -0.2) is 67.6 Å². The summed E-state index contributed by atoms with van der Waals surface area (Å²) in [6, 6.07) is 6.40. The van der Waals surface area contributed by atoms with Crippen molar-refractivity contribution >= 4 is 41.8 Å². The fourth-order valence-electron chi connectivity index (χ4n) is 2.82. The Morgan fingerprint density at radius 1 is 1.25 bits per heavy atom. The van der Waals surface area contributed by atoms with Crippen molar-refractivity contribution in [1.29, 1.82) is 0 Å². The number of hydrogen-bond donors (Lipinski definition) is 2. The molecule has 1 atom stereocenters. The fraction of sp³-hybridized carbons (Fsp3) is 0.400. The number of anilines is 1. The Kier molecular flexibility index (Phi) is 9.05. The lowest BCUT2D eigenvalue weighted by Gasteiger charge is -2.37. The molecule has 1 heterocycles. The van der Waals surface area contributed by atoms with Crippen molar-refractivity contribution in [2.75, 3.05) is 45.2 Å². The number of benzene rings is 1. The van der Waals surface area contributed by atoms with Crippen LogP contribution in [0.25, 0.3) is 0 Å². The summed E-state index contributed by atoms with van der Waals surface area (Å²) in [5.74, 6) is -0.612. The van der Waals surface area contributed by atoms with Crippen molar-refractivity contribution in [1.82, 2.24) is 9.80 Å². The molecular weight excluding hydrogens is 398 g/mol. The van der Waals surface area contributed by atoms with Gasteiger partial charge in [-0.1, -0.05) is 23.8 Å². The van der Waals surface area contributed by atoms with Crippen LogP contribution in [0.1, 0.15) is 6.92 Å². The fourth-order valence-corrected chi connectivity index (χ4v) is 3.31. The van der Waals surface area contributed by atoms with Crippen molar-refractivity contribution in [2.45, 2.75) is 13.0 Å². The van der Waals surface area contributed by atoms with Gasteiger partial charge >= 0.3 is 5.97 Å². The third kappa shape index (κ3) is 6.98. The van der Waals surface area contributed by atoms with E-state index in [9.17, 15) is 9.59 Å². The maximum Gasteiger partial charge on any atom is 0.330 e. The first-order chi connectivity index (χ1) is 13.4. The first-order valence-electron chi connectivity index (χ1n) is 9.13. The van der Waals surface area contributed by atoms with Crippen molar-refractivity contribution in [3.05, 3.63) is 52.4 Å². The molecule has 0 spiro atoms. The molecule has 6 nitrogen and oxygen atoms in total. The Bertz CT molecular complexity index is 729. The summed E-state index contributed by atoms with van der Waals surface area (Å²) in [5, 5.41) is 3.52. The minimum Gasteiger partial charge on any atom is -0.463 e. The molecule has 1 aliphatic heterocycles. The average Bonchev–Trinajstić information content (AvgIpc) is 2.65. The summed E-state index contributed by atoms with van der Waals surface area (Å²) < 4.78 is 4.86. The number of likely N-dealkylation sites (N-methyl/N-ethyl adjacent to an activating group) is 1. The molecule has 1 aliphatic rings. The van der Waals surface area contributed by atoms with E-state index in [0.29, 0.717) is 22.2 Å². The molecule has 1 amide bonds. The number of rotatable bonds is 7. The van der Waals surface area contributed by atoms with Crippen LogP contribution in [0.5, 0.6) is 0 Å². The standard InChI is InChI=1S/C20H26ClN3O3S/c1-3-27-18(25)6-4-5-17(28)19(24-13-11-23(2)12-14-24)20(26)22-16-9-7-15(21)8-10-16/h4-10,19,28H,3,11-14H2,1-2H3,(H,22,26)/b6-4+,17-5-. The molecule has 1 unspecified atom stereocenters. The zero-order valence-electron chi connectivity index (χ0n) is 16.1. The van der Waals surface area contributed by atoms with E-state index in [4.69, 9.17) is 16.3 Å². The minimum absolute atomic E-state index is 0.183. The molecule has 152 valence electrons. The van der Waals surface area contributed by atoms with Crippen LogP contribution in [0, 0.1) is 0 Å². The number of thiol groups is 1. The quantitative estimate of drug-likeness (QED) is 0.305. The van der Waals surface area contributed by atoms with Gasteiger partial charge in [-0.15, -0.1) is 12.6 Å². The number of esters is 1. The van der Waals surface area contributed by atoms with E-state index in [1.807, 2.05) is 0 Å². The Morgan fingerprint density at radius 3 is 2.50 bits per heavy atom. The number of piperazine rings is 1. The maximum absolute atomic E-state index is 13.0. The second-order valence-electron chi connectivity index (χ2n) is 6.44. The molecule has 1 aromatic carbocycles. The van der Waals surface area contributed by atoms with Crippen LogP contribution >= 0.6 is 24.2 Å². The molecule has 0 radical (unpaired) electrons. The second kappa shape index (κ2) is 11.3. The minimum atomic E-state index is -0.556. The average molecular weight is 424 g/mol. The van der Waals surface area contributed by atoms with Crippen LogP contribution in [-0.2, 0) is 14.3 Å². The van der Waals surface area contributed by atoms with Crippen LogP contribution in [0.4, 0.5) is 5.69 Å². The van der Waals surface area contributed by atoms with Crippen LogP contribution in [0.2, 0.25) is 5.02 Å². The molecule has 0 saturated carbocycles. The summed E-state index contributed by atoms with van der Waals surface area (Å²) in [5.41, 5.74) is 0.664. The highest BCUT2D eigenvalue weighted by Gasteiger charge is 2.30. The predicted molar refractivity (Wildman–Crippen MR) is 116 cm³/mol. The van der Waals surface area contributed by atoms with Crippen LogP contribution < -0.4 is 5.32 Å². The van der Waals surface area contributed by atoms with Crippen molar-refractivity contribution < 1.29 is 14.3 Å². The number of nitrogens with one attached hydrogen (secondary N) is 1. The summed E-state index contributed by atoms with van der Waals surface area (Å²) in [7, 11) is 2.06. The number of halogens is 1. The van der Waals surface area contributed by atoms with Gasteiger partial charge in [0.25, 0.3) is 0 Å². The number of allylic oxidation sites excluding steroid dienone is 2. The van der Waals surface area contributed by atoms with E-state index in [1.54, 1.807) is 43.3 Å². The molecular formula is C20H26ClN3O3S. The van der Waals surface area contributed by atoms with E-state index in [-0.39, 0.29) is 5.91 Å². The molecule has 8 heteroatoms. The Balaban J connectivity index is 2.16. The smallest absolute Gasteiger partial charge is 0.330 e. The zero-order valence-corrected chi connectivity index (χ0v) is 17.7. The number of amides is 1. The highest BCUT2D eigenvalue weighted by molar-refractivity contribution is 7.84. The molecule has 0 aliphatic carbocycles. The van der Waals surface area contributed by atoms with Gasteiger partial charge in [-0.05, 0) is 38.2 Å². The van der Waals surface area contributed by atoms with Crippen molar-refractivity contribution in [3.63, 3.8) is 0 Å². The van der Waals surface area contributed by atoms with Gasteiger partial charge in [0.15, 0.2) is 0 Å².